The van der Waals surface area contributed by atoms with Crippen molar-refractivity contribution in [3.05, 3.63) is 77.4 Å². The molecule has 0 saturated carbocycles. The molecule has 0 radical (unpaired) electrons. The molecule has 0 aromatic heterocycles. The maximum atomic E-state index is 12.4. The van der Waals surface area contributed by atoms with E-state index < -0.39 is 0 Å². The van der Waals surface area contributed by atoms with Crippen molar-refractivity contribution in [2.45, 2.75) is 17.9 Å². The standard InChI is InChI=1S/C21H22O4/c1-23-16-11-9-15(10-12-16)19-18(21(22)25-3)13-17(20(19)24-2)14-7-5-4-6-8-14/h4-13,17,19-20H,1-3H3/t17-,19+,20-/m1/s1. The van der Waals surface area contributed by atoms with Crippen molar-refractivity contribution in [1.29, 1.82) is 0 Å². The number of methoxy groups -OCH3 is 3. The number of rotatable bonds is 5. The molecule has 3 atom stereocenters. The number of hydrogen-bond acceptors (Lipinski definition) is 4. The summed E-state index contributed by atoms with van der Waals surface area (Å²) in [5.74, 6) is 0.265. The topological polar surface area (TPSA) is 44.8 Å². The van der Waals surface area contributed by atoms with Crippen LogP contribution >= 0.6 is 0 Å². The largest absolute Gasteiger partial charge is 0.497 e. The molecule has 0 heterocycles. The van der Waals surface area contributed by atoms with Crippen LogP contribution in [-0.2, 0) is 14.3 Å². The number of ether oxygens (including phenoxy) is 3. The summed E-state index contributed by atoms with van der Waals surface area (Å²) in [6, 6.07) is 17.8. The van der Waals surface area contributed by atoms with Gasteiger partial charge in [-0.1, -0.05) is 48.5 Å². The minimum atomic E-state index is -0.318. The summed E-state index contributed by atoms with van der Waals surface area (Å²) in [5.41, 5.74) is 2.75. The van der Waals surface area contributed by atoms with Gasteiger partial charge in [0.25, 0.3) is 0 Å². The molecule has 4 nitrogen and oxygen atoms in total. The zero-order chi connectivity index (χ0) is 17.8. The molecule has 130 valence electrons. The second-order valence-electron chi connectivity index (χ2n) is 6.00. The fraction of sp³-hybridized carbons (Fsp3) is 0.286. The minimum Gasteiger partial charge on any atom is -0.497 e. The average molecular weight is 338 g/mol. The van der Waals surface area contributed by atoms with Crippen LogP contribution in [0.5, 0.6) is 5.75 Å². The van der Waals surface area contributed by atoms with Gasteiger partial charge in [0, 0.05) is 24.5 Å². The van der Waals surface area contributed by atoms with Crippen LogP contribution in [0.4, 0.5) is 0 Å². The summed E-state index contributed by atoms with van der Waals surface area (Å²) in [7, 11) is 4.73. The van der Waals surface area contributed by atoms with Crippen LogP contribution in [0.1, 0.15) is 23.0 Å². The van der Waals surface area contributed by atoms with Crippen LogP contribution in [0.3, 0.4) is 0 Å². The summed E-state index contributed by atoms with van der Waals surface area (Å²) in [6.45, 7) is 0. The Balaban J connectivity index is 2.04. The van der Waals surface area contributed by atoms with Crippen molar-refractivity contribution >= 4 is 5.97 Å². The highest BCUT2D eigenvalue weighted by atomic mass is 16.5. The van der Waals surface area contributed by atoms with Crippen LogP contribution < -0.4 is 4.74 Å². The highest BCUT2D eigenvalue weighted by Crippen LogP contribution is 2.45. The van der Waals surface area contributed by atoms with E-state index in [9.17, 15) is 4.79 Å². The van der Waals surface area contributed by atoms with Gasteiger partial charge in [-0.25, -0.2) is 4.79 Å². The Morgan fingerprint density at radius 3 is 2.12 bits per heavy atom. The number of hydrogen-bond donors (Lipinski definition) is 0. The molecular weight excluding hydrogens is 316 g/mol. The van der Waals surface area contributed by atoms with E-state index in [-0.39, 0.29) is 23.9 Å². The molecule has 0 unspecified atom stereocenters. The Hall–Kier alpha value is -2.59. The van der Waals surface area contributed by atoms with Crippen molar-refractivity contribution in [2.24, 2.45) is 0 Å². The van der Waals surface area contributed by atoms with E-state index in [0.29, 0.717) is 5.57 Å². The number of carbonyl (C=O) groups is 1. The smallest absolute Gasteiger partial charge is 0.334 e. The molecule has 2 aromatic rings. The first-order chi connectivity index (χ1) is 12.2. The summed E-state index contributed by atoms with van der Waals surface area (Å²) < 4.78 is 16.1. The van der Waals surface area contributed by atoms with Gasteiger partial charge in [-0.3, -0.25) is 0 Å². The second kappa shape index (κ2) is 7.53. The molecule has 4 heteroatoms. The number of esters is 1. The first-order valence-corrected chi connectivity index (χ1v) is 8.21. The summed E-state index contributed by atoms with van der Waals surface area (Å²) in [5, 5.41) is 0. The van der Waals surface area contributed by atoms with E-state index in [1.807, 2.05) is 48.5 Å². The van der Waals surface area contributed by atoms with Gasteiger partial charge in [-0.2, -0.15) is 0 Å². The summed E-state index contributed by atoms with van der Waals surface area (Å²) in [6.07, 6.45) is 1.80. The van der Waals surface area contributed by atoms with Crippen LogP contribution in [0, 0.1) is 0 Å². The number of carbonyl (C=O) groups excluding carboxylic acids is 1. The molecule has 0 bridgehead atoms. The van der Waals surface area contributed by atoms with Crippen LogP contribution in [-0.4, -0.2) is 33.4 Å². The maximum absolute atomic E-state index is 12.4. The normalized spacial score (nSPS) is 22.4. The second-order valence-corrected chi connectivity index (χ2v) is 6.00. The zero-order valence-corrected chi connectivity index (χ0v) is 14.6. The lowest BCUT2D eigenvalue weighted by Crippen LogP contribution is -2.25. The highest BCUT2D eigenvalue weighted by Gasteiger charge is 2.42. The summed E-state index contributed by atoms with van der Waals surface area (Å²) >= 11 is 0. The molecule has 1 aliphatic rings. The lowest BCUT2D eigenvalue weighted by Gasteiger charge is -2.26. The van der Waals surface area contributed by atoms with E-state index in [1.54, 1.807) is 14.2 Å². The van der Waals surface area contributed by atoms with Crippen molar-refractivity contribution in [3.63, 3.8) is 0 Å². The van der Waals surface area contributed by atoms with Crippen molar-refractivity contribution in [3.8, 4) is 5.75 Å². The molecule has 0 N–H and O–H groups in total. The Bertz CT molecular complexity index is 749. The van der Waals surface area contributed by atoms with Crippen LogP contribution in [0.15, 0.2) is 66.2 Å². The highest BCUT2D eigenvalue weighted by molar-refractivity contribution is 5.91. The fourth-order valence-corrected chi connectivity index (χ4v) is 3.51. The predicted molar refractivity (Wildman–Crippen MR) is 95.8 cm³/mol. The first-order valence-electron chi connectivity index (χ1n) is 8.21. The molecule has 0 aliphatic heterocycles. The van der Waals surface area contributed by atoms with Gasteiger partial charge in [-0.05, 0) is 23.3 Å². The Morgan fingerprint density at radius 2 is 1.56 bits per heavy atom. The quantitative estimate of drug-likeness (QED) is 0.780. The van der Waals surface area contributed by atoms with E-state index in [1.165, 1.54) is 7.11 Å². The van der Waals surface area contributed by atoms with Gasteiger partial charge < -0.3 is 14.2 Å². The Morgan fingerprint density at radius 1 is 0.880 bits per heavy atom. The van der Waals surface area contributed by atoms with Gasteiger partial charge in [0.1, 0.15) is 5.75 Å². The van der Waals surface area contributed by atoms with Crippen molar-refractivity contribution < 1.29 is 19.0 Å². The molecule has 3 rings (SSSR count). The fourth-order valence-electron chi connectivity index (χ4n) is 3.51. The number of benzene rings is 2. The van der Waals surface area contributed by atoms with E-state index in [2.05, 4.69) is 12.1 Å². The van der Waals surface area contributed by atoms with E-state index >= 15 is 0 Å². The van der Waals surface area contributed by atoms with Crippen molar-refractivity contribution in [1.82, 2.24) is 0 Å². The minimum absolute atomic E-state index is 0.00704. The van der Waals surface area contributed by atoms with Gasteiger partial charge in [0.2, 0.25) is 0 Å². The third-order valence-corrected chi connectivity index (χ3v) is 4.73. The van der Waals surface area contributed by atoms with Gasteiger partial charge in [0.15, 0.2) is 0 Å². The third kappa shape index (κ3) is 3.30. The molecule has 1 aliphatic carbocycles. The SMILES string of the molecule is COC(=O)C1=C[C@H](c2ccccc2)[C@@H](OC)[C@H]1c1ccc(OC)cc1. The molecule has 0 spiro atoms. The van der Waals surface area contributed by atoms with E-state index in [4.69, 9.17) is 14.2 Å². The monoisotopic (exact) mass is 338 g/mol. The lowest BCUT2D eigenvalue weighted by atomic mass is 9.86. The Kier molecular flexibility index (Phi) is 5.19. The zero-order valence-electron chi connectivity index (χ0n) is 14.6. The lowest BCUT2D eigenvalue weighted by molar-refractivity contribution is -0.136. The third-order valence-electron chi connectivity index (χ3n) is 4.73. The average Bonchev–Trinajstić information content (AvgIpc) is 3.07. The van der Waals surface area contributed by atoms with E-state index in [0.717, 1.165) is 16.9 Å². The van der Waals surface area contributed by atoms with Crippen LogP contribution in [0.2, 0.25) is 0 Å². The van der Waals surface area contributed by atoms with Crippen LogP contribution in [0.25, 0.3) is 0 Å². The molecular formula is C21H22O4. The van der Waals surface area contributed by atoms with Gasteiger partial charge in [-0.15, -0.1) is 0 Å². The molecule has 2 aromatic carbocycles. The Labute approximate surface area is 148 Å². The van der Waals surface area contributed by atoms with Gasteiger partial charge in [0.05, 0.1) is 20.3 Å². The van der Waals surface area contributed by atoms with Crippen molar-refractivity contribution in [2.75, 3.05) is 21.3 Å². The molecule has 25 heavy (non-hydrogen) atoms. The first kappa shape index (κ1) is 17.2. The predicted octanol–water partition coefficient (Wildman–Crippen LogP) is 3.69. The summed E-state index contributed by atoms with van der Waals surface area (Å²) in [4.78, 5) is 12.4. The molecule has 0 amide bonds. The molecule has 0 saturated heterocycles. The van der Waals surface area contributed by atoms with Gasteiger partial charge >= 0.3 is 5.97 Å². The maximum Gasteiger partial charge on any atom is 0.334 e. The molecule has 0 fully saturated rings.